The molecule has 0 fully saturated rings. The average molecular weight is 124 g/mol. The van der Waals surface area contributed by atoms with Crippen molar-refractivity contribution in [2.45, 2.75) is 6.92 Å². The normalized spacial score (nSPS) is 14.3. The maximum Gasteiger partial charge on any atom is 0.124 e. The van der Waals surface area contributed by atoms with Crippen molar-refractivity contribution in [1.82, 2.24) is 0 Å². The molecule has 0 spiro atoms. The minimum absolute atomic E-state index is 0.980. The van der Waals surface area contributed by atoms with Gasteiger partial charge in [0.25, 0.3) is 0 Å². The molecule has 0 saturated carbocycles. The summed E-state index contributed by atoms with van der Waals surface area (Å²) in [5, 5.41) is 0. The van der Waals surface area contributed by atoms with E-state index in [4.69, 9.17) is 0 Å². The molecule has 3 heteroatoms. The van der Waals surface area contributed by atoms with Crippen molar-refractivity contribution in [2.24, 2.45) is 0 Å². The first-order valence-corrected chi connectivity index (χ1v) is 5.52. The molecule has 0 aliphatic rings. The van der Waals surface area contributed by atoms with Gasteiger partial charge in [0.2, 0.25) is 0 Å². The second-order valence-corrected chi connectivity index (χ2v) is 5.36. The highest BCUT2D eigenvalue weighted by molar-refractivity contribution is 8.51. The smallest absolute Gasteiger partial charge is 0.124 e. The lowest BCUT2D eigenvalue weighted by molar-refractivity contribution is 0.599. The molecule has 0 N–H and O–H groups in total. The fourth-order valence-corrected chi connectivity index (χ4v) is 1.83. The van der Waals surface area contributed by atoms with E-state index in [1.165, 1.54) is 11.4 Å². The molecule has 0 saturated heterocycles. The predicted octanol–water partition coefficient (Wildman–Crippen LogP) is 1.84. The Kier molecular flexibility index (Phi) is 4.12. The van der Waals surface area contributed by atoms with Crippen molar-refractivity contribution in [3.63, 3.8) is 0 Å². The van der Waals surface area contributed by atoms with Crippen molar-refractivity contribution in [1.29, 1.82) is 0 Å². The second kappa shape index (κ2) is 3.76. The molecule has 6 heavy (non-hydrogen) atoms. The lowest BCUT2D eigenvalue weighted by Crippen LogP contribution is -1.52. The quantitative estimate of drug-likeness (QED) is 0.522. The molecule has 0 aliphatic heterocycles. The third-order valence-electron chi connectivity index (χ3n) is 0.348. The highest BCUT2D eigenvalue weighted by Gasteiger charge is 1.81. The molecule has 38 valence electrons. The zero-order valence-corrected chi connectivity index (χ0v) is 5.84. The van der Waals surface area contributed by atoms with Crippen LogP contribution in [0.3, 0.4) is 0 Å². The van der Waals surface area contributed by atoms with Crippen LogP contribution in [0.5, 0.6) is 0 Å². The molecular weight excluding hydrogens is 115 g/mol. The molecular formula is C3H9OPS. The van der Waals surface area contributed by atoms with Crippen molar-refractivity contribution < 1.29 is 4.57 Å². The Morgan fingerprint density at radius 3 is 2.33 bits per heavy atom. The predicted molar refractivity (Wildman–Crippen MR) is 33.1 cm³/mol. The fraction of sp³-hybridized carbons (Fsp3) is 1.00. The van der Waals surface area contributed by atoms with Gasteiger partial charge in [-0.3, -0.25) is 0 Å². The third kappa shape index (κ3) is 4.58. The lowest BCUT2D eigenvalue weighted by atomic mass is 11.0. The monoisotopic (exact) mass is 124 g/mol. The van der Waals surface area contributed by atoms with E-state index in [-0.39, 0.29) is 0 Å². The summed E-state index contributed by atoms with van der Waals surface area (Å²) in [5.41, 5.74) is 0. The summed E-state index contributed by atoms with van der Waals surface area (Å²) in [5.74, 6) is 0.980. The van der Waals surface area contributed by atoms with Crippen LogP contribution in [0.2, 0.25) is 0 Å². The number of hydrogen-bond acceptors (Lipinski definition) is 2. The first-order chi connectivity index (χ1) is 2.77. The van der Waals surface area contributed by atoms with Crippen molar-refractivity contribution >= 4 is 18.4 Å². The van der Waals surface area contributed by atoms with Crippen LogP contribution in [0.4, 0.5) is 0 Å². The fourth-order valence-electron chi connectivity index (χ4n) is 0.203. The van der Waals surface area contributed by atoms with E-state index in [2.05, 4.69) is 0 Å². The van der Waals surface area contributed by atoms with Crippen LogP contribution < -0.4 is 0 Å². The van der Waals surface area contributed by atoms with Crippen molar-refractivity contribution in [2.75, 3.05) is 12.4 Å². The summed E-state index contributed by atoms with van der Waals surface area (Å²) in [6, 6.07) is 0. The largest absolute Gasteiger partial charge is 0.316 e. The molecule has 0 bridgehead atoms. The Labute approximate surface area is 43.0 Å². The summed E-state index contributed by atoms with van der Waals surface area (Å²) < 4.78 is 10.2. The first kappa shape index (κ1) is 6.58. The van der Waals surface area contributed by atoms with E-state index in [1.807, 2.05) is 6.92 Å². The molecule has 1 atom stereocenters. The van der Waals surface area contributed by atoms with Crippen LogP contribution in [0.15, 0.2) is 0 Å². The zero-order valence-electron chi connectivity index (χ0n) is 4.02. The molecule has 0 radical (unpaired) electrons. The Bertz CT molecular complexity index is 54.8. The third-order valence-corrected chi connectivity index (χ3v) is 3.13. The summed E-state index contributed by atoms with van der Waals surface area (Å²) in [6.45, 7) is 3.77. The van der Waals surface area contributed by atoms with E-state index < -0.39 is 7.00 Å². The Morgan fingerprint density at radius 1 is 1.83 bits per heavy atom. The lowest BCUT2D eigenvalue weighted by Gasteiger charge is -1.83. The highest BCUT2D eigenvalue weighted by atomic mass is 32.7. The van der Waals surface area contributed by atoms with Gasteiger partial charge in [0.1, 0.15) is 7.00 Å². The van der Waals surface area contributed by atoms with Crippen LogP contribution in [0.25, 0.3) is 0 Å². The zero-order chi connectivity index (χ0) is 4.99. The molecule has 0 aromatic rings. The standard InChI is InChI=1S/C3H9OPS/c1-3-6-5(2)4/h5H,3H2,1-2H3. The van der Waals surface area contributed by atoms with Gasteiger partial charge in [-0.2, -0.15) is 0 Å². The maximum atomic E-state index is 10.2. The minimum Gasteiger partial charge on any atom is -0.316 e. The Morgan fingerprint density at radius 2 is 2.33 bits per heavy atom. The maximum absolute atomic E-state index is 10.2. The van der Waals surface area contributed by atoms with Gasteiger partial charge in [-0.05, 0) is 12.4 Å². The molecule has 0 rings (SSSR count). The van der Waals surface area contributed by atoms with Crippen LogP contribution in [0, 0.1) is 0 Å². The Balaban J connectivity index is 2.83. The van der Waals surface area contributed by atoms with Crippen LogP contribution in [0.1, 0.15) is 6.92 Å². The molecule has 0 heterocycles. The van der Waals surface area contributed by atoms with Crippen molar-refractivity contribution in [3.05, 3.63) is 0 Å². The van der Waals surface area contributed by atoms with E-state index >= 15 is 0 Å². The summed E-state index contributed by atoms with van der Waals surface area (Å²) in [6.07, 6.45) is 0. The van der Waals surface area contributed by atoms with Gasteiger partial charge in [-0.15, -0.1) is 0 Å². The summed E-state index contributed by atoms with van der Waals surface area (Å²) >= 11 is 1.53. The number of hydrogen-bond donors (Lipinski definition) is 0. The average Bonchev–Trinajstić information content (AvgIpc) is 1.35. The van der Waals surface area contributed by atoms with Gasteiger partial charge >= 0.3 is 0 Å². The highest BCUT2D eigenvalue weighted by Crippen LogP contribution is 2.31. The summed E-state index contributed by atoms with van der Waals surface area (Å²) in [7, 11) is -1.22. The SMILES string of the molecule is CCS[PH](C)=O. The van der Waals surface area contributed by atoms with Crippen LogP contribution in [-0.4, -0.2) is 12.4 Å². The van der Waals surface area contributed by atoms with E-state index in [9.17, 15) is 4.57 Å². The van der Waals surface area contributed by atoms with E-state index in [1.54, 1.807) is 6.66 Å². The second-order valence-electron chi connectivity index (χ2n) is 0.925. The van der Waals surface area contributed by atoms with Gasteiger partial charge in [-0.1, -0.05) is 18.3 Å². The molecule has 0 amide bonds. The van der Waals surface area contributed by atoms with Gasteiger partial charge in [-0.25, -0.2) is 0 Å². The molecule has 0 aliphatic carbocycles. The van der Waals surface area contributed by atoms with E-state index in [0.717, 1.165) is 5.75 Å². The first-order valence-electron chi connectivity index (χ1n) is 1.90. The van der Waals surface area contributed by atoms with Crippen LogP contribution >= 0.6 is 18.4 Å². The molecule has 0 aromatic heterocycles. The number of rotatable bonds is 2. The Hall–Kier alpha value is 0.580. The van der Waals surface area contributed by atoms with Gasteiger partial charge in [0, 0.05) is 0 Å². The van der Waals surface area contributed by atoms with Gasteiger partial charge < -0.3 is 4.57 Å². The molecule has 1 unspecified atom stereocenters. The minimum atomic E-state index is -1.22. The molecule has 1 nitrogen and oxygen atoms in total. The van der Waals surface area contributed by atoms with E-state index in [0.29, 0.717) is 0 Å². The van der Waals surface area contributed by atoms with Gasteiger partial charge in [0.15, 0.2) is 0 Å². The molecule has 0 aromatic carbocycles. The topological polar surface area (TPSA) is 17.1 Å². The summed E-state index contributed by atoms with van der Waals surface area (Å²) in [4.78, 5) is 0. The van der Waals surface area contributed by atoms with Gasteiger partial charge in [0.05, 0.1) is 0 Å². The van der Waals surface area contributed by atoms with Crippen LogP contribution in [-0.2, 0) is 4.57 Å². The van der Waals surface area contributed by atoms with Crippen molar-refractivity contribution in [3.8, 4) is 0 Å².